The van der Waals surface area contributed by atoms with E-state index < -0.39 is 0 Å². The fourth-order valence-corrected chi connectivity index (χ4v) is 3.48. The Morgan fingerprint density at radius 3 is 2.15 bits per heavy atom. The fourth-order valence-electron chi connectivity index (χ4n) is 3.48. The Kier molecular flexibility index (Phi) is 5.89. The number of carbonyl (C=O) groups is 1. The predicted octanol–water partition coefficient (Wildman–Crippen LogP) is 3.84. The lowest BCUT2D eigenvalue weighted by atomic mass is 10.0. The summed E-state index contributed by atoms with van der Waals surface area (Å²) in [6.45, 7) is 0.624. The molecule has 2 aromatic rings. The molecule has 0 aliphatic heterocycles. The molecule has 27 heavy (non-hydrogen) atoms. The number of rotatable bonds is 10. The van der Waals surface area contributed by atoms with Crippen LogP contribution in [-0.2, 0) is 17.8 Å². The van der Waals surface area contributed by atoms with Crippen molar-refractivity contribution in [2.75, 3.05) is 21.3 Å². The van der Waals surface area contributed by atoms with Crippen molar-refractivity contribution in [2.24, 2.45) is 0 Å². The first-order valence-electron chi connectivity index (χ1n) is 9.20. The van der Waals surface area contributed by atoms with E-state index in [0.717, 1.165) is 54.9 Å². The Labute approximate surface area is 160 Å². The maximum Gasteiger partial charge on any atom is 0.210 e. The molecule has 0 atom stereocenters. The molecule has 3 rings (SSSR count). The van der Waals surface area contributed by atoms with E-state index in [2.05, 4.69) is 6.07 Å². The van der Waals surface area contributed by atoms with E-state index in [1.165, 1.54) is 5.56 Å². The lowest BCUT2D eigenvalue weighted by molar-refractivity contribution is -0.121. The third-order valence-corrected chi connectivity index (χ3v) is 5.40. The Morgan fingerprint density at radius 2 is 1.59 bits per heavy atom. The van der Waals surface area contributed by atoms with E-state index in [0.29, 0.717) is 6.54 Å². The number of hydrogen-bond donors (Lipinski definition) is 0. The van der Waals surface area contributed by atoms with Gasteiger partial charge in [0.1, 0.15) is 5.75 Å². The van der Waals surface area contributed by atoms with Gasteiger partial charge in [-0.1, -0.05) is 18.2 Å². The highest BCUT2D eigenvalue weighted by molar-refractivity contribution is 5.51. The first kappa shape index (κ1) is 19.1. The van der Waals surface area contributed by atoms with Crippen LogP contribution in [0, 0.1) is 0 Å². The van der Waals surface area contributed by atoms with Crippen LogP contribution in [0.25, 0.3) is 0 Å². The van der Waals surface area contributed by atoms with Gasteiger partial charge in [0.2, 0.25) is 6.41 Å². The maximum atomic E-state index is 11.8. The summed E-state index contributed by atoms with van der Waals surface area (Å²) in [6, 6.07) is 13.9. The SMILES string of the molecule is COc1ccc(CN(C=O)C2(CCc3ccc(OC)c(OC)c3)CC2)cc1. The topological polar surface area (TPSA) is 48.0 Å². The van der Waals surface area contributed by atoms with E-state index in [9.17, 15) is 4.79 Å². The van der Waals surface area contributed by atoms with E-state index in [1.54, 1.807) is 21.3 Å². The molecule has 0 N–H and O–H groups in total. The highest BCUT2D eigenvalue weighted by Crippen LogP contribution is 2.45. The highest BCUT2D eigenvalue weighted by Gasteiger charge is 2.47. The van der Waals surface area contributed by atoms with E-state index in [-0.39, 0.29) is 5.54 Å². The van der Waals surface area contributed by atoms with Crippen LogP contribution in [0.15, 0.2) is 42.5 Å². The number of nitrogens with zero attached hydrogens (tertiary/aromatic N) is 1. The molecule has 2 aromatic carbocycles. The molecule has 0 spiro atoms. The molecule has 1 aliphatic carbocycles. The second-order valence-electron chi connectivity index (χ2n) is 7.00. The van der Waals surface area contributed by atoms with Crippen LogP contribution < -0.4 is 14.2 Å². The van der Waals surface area contributed by atoms with Crippen LogP contribution in [0.5, 0.6) is 17.2 Å². The van der Waals surface area contributed by atoms with Gasteiger partial charge < -0.3 is 19.1 Å². The Hall–Kier alpha value is -2.69. The van der Waals surface area contributed by atoms with Crippen molar-refractivity contribution in [2.45, 2.75) is 37.8 Å². The molecule has 5 nitrogen and oxygen atoms in total. The number of benzene rings is 2. The Morgan fingerprint density at radius 1 is 0.926 bits per heavy atom. The van der Waals surface area contributed by atoms with Gasteiger partial charge in [-0.2, -0.15) is 0 Å². The van der Waals surface area contributed by atoms with Crippen molar-refractivity contribution in [3.8, 4) is 17.2 Å². The van der Waals surface area contributed by atoms with Crippen LogP contribution >= 0.6 is 0 Å². The van der Waals surface area contributed by atoms with E-state index in [1.807, 2.05) is 41.3 Å². The van der Waals surface area contributed by atoms with E-state index in [4.69, 9.17) is 14.2 Å². The molecule has 144 valence electrons. The molecule has 0 bridgehead atoms. The predicted molar refractivity (Wildman–Crippen MR) is 104 cm³/mol. The fraction of sp³-hybridized carbons (Fsp3) is 0.409. The molecule has 0 saturated heterocycles. The Bertz CT molecular complexity index is 768. The minimum Gasteiger partial charge on any atom is -0.497 e. The van der Waals surface area contributed by atoms with Gasteiger partial charge in [-0.3, -0.25) is 4.79 Å². The van der Waals surface area contributed by atoms with Gasteiger partial charge in [0.25, 0.3) is 0 Å². The first-order valence-corrected chi connectivity index (χ1v) is 9.20. The summed E-state index contributed by atoms with van der Waals surface area (Å²) in [5, 5.41) is 0. The van der Waals surface area contributed by atoms with Gasteiger partial charge in [-0.05, 0) is 61.1 Å². The second-order valence-corrected chi connectivity index (χ2v) is 7.00. The molecular weight excluding hydrogens is 342 g/mol. The summed E-state index contributed by atoms with van der Waals surface area (Å²) in [4.78, 5) is 13.7. The summed E-state index contributed by atoms with van der Waals surface area (Å²) in [5.74, 6) is 2.30. The zero-order chi connectivity index (χ0) is 19.3. The standard InChI is InChI=1S/C22H27NO4/c1-25-19-7-4-18(5-8-19)15-23(16-24)22(12-13-22)11-10-17-6-9-20(26-2)21(14-17)27-3/h4-9,14,16H,10-13,15H2,1-3H3. The summed E-state index contributed by atoms with van der Waals surface area (Å²) < 4.78 is 15.9. The monoisotopic (exact) mass is 369 g/mol. The highest BCUT2D eigenvalue weighted by atomic mass is 16.5. The third kappa shape index (κ3) is 4.35. The van der Waals surface area contributed by atoms with Crippen LogP contribution in [0.2, 0.25) is 0 Å². The summed E-state index contributed by atoms with van der Waals surface area (Å²) in [6.07, 6.45) is 4.93. The molecule has 1 aliphatic rings. The Balaban J connectivity index is 1.65. The van der Waals surface area contributed by atoms with Crippen LogP contribution in [0.3, 0.4) is 0 Å². The number of amides is 1. The summed E-state index contributed by atoms with van der Waals surface area (Å²) in [7, 11) is 4.94. The number of hydrogen-bond acceptors (Lipinski definition) is 4. The molecule has 0 heterocycles. The molecule has 0 aromatic heterocycles. The van der Waals surface area contributed by atoms with Gasteiger partial charge in [0, 0.05) is 12.1 Å². The van der Waals surface area contributed by atoms with Gasteiger partial charge in [-0.15, -0.1) is 0 Å². The molecule has 1 fully saturated rings. The van der Waals surface area contributed by atoms with Crippen molar-refractivity contribution in [1.29, 1.82) is 0 Å². The van der Waals surface area contributed by atoms with Crippen molar-refractivity contribution in [3.63, 3.8) is 0 Å². The average Bonchev–Trinajstić information content (AvgIpc) is 3.51. The van der Waals surface area contributed by atoms with Crippen molar-refractivity contribution in [1.82, 2.24) is 4.90 Å². The van der Waals surface area contributed by atoms with Crippen molar-refractivity contribution < 1.29 is 19.0 Å². The van der Waals surface area contributed by atoms with Gasteiger partial charge in [-0.25, -0.2) is 0 Å². The molecule has 0 radical (unpaired) electrons. The maximum absolute atomic E-state index is 11.8. The zero-order valence-electron chi connectivity index (χ0n) is 16.2. The summed E-state index contributed by atoms with van der Waals surface area (Å²) >= 11 is 0. The molecule has 1 amide bonds. The normalized spacial score (nSPS) is 14.3. The van der Waals surface area contributed by atoms with Crippen molar-refractivity contribution >= 4 is 6.41 Å². The zero-order valence-corrected chi connectivity index (χ0v) is 16.2. The quantitative estimate of drug-likeness (QED) is 0.597. The van der Waals surface area contributed by atoms with Gasteiger partial charge in [0.15, 0.2) is 11.5 Å². The summed E-state index contributed by atoms with van der Waals surface area (Å²) in [5.41, 5.74) is 2.27. The van der Waals surface area contributed by atoms with Gasteiger partial charge in [0.05, 0.1) is 21.3 Å². The minimum atomic E-state index is -0.0329. The van der Waals surface area contributed by atoms with Crippen LogP contribution in [0.1, 0.15) is 30.4 Å². The smallest absolute Gasteiger partial charge is 0.210 e. The molecule has 5 heteroatoms. The lowest BCUT2D eigenvalue weighted by Gasteiger charge is -2.29. The largest absolute Gasteiger partial charge is 0.497 e. The molecule has 1 saturated carbocycles. The third-order valence-electron chi connectivity index (χ3n) is 5.40. The lowest BCUT2D eigenvalue weighted by Crippen LogP contribution is -2.36. The van der Waals surface area contributed by atoms with Crippen LogP contribution in [-0.4, -0.2) is 38.2 Å². The number of methoxy groups -OCH3 is 3. The number of aryl methyl sites for hydroxylation is 1. The van der Waals surface area contributed by atoms with Gasteiger partial charge >= 0.3 is 0 Å². The van der Waals surface area contributed by atoms with Crippen molar-refractivity contribution in [3.05, 3.63) is 53.6 Å². The average molecular weight is 369 g/mol. The first-order chi connectivity index (χ1) is 13.1. The molecule has 0 unspecified atom stereocenters. The van der Waals surface area contributed by atoms with E-state index >= 15 is 0 Å². The van der Waals surface area contributed by atoms with Crippen LogP contribution in [0.4, 0.5) is 0 Å². The minimum absolute atomic E-state index is 0.0329. The molecular formula is C22H27NO4. The second kappa shape index (κ2) is 8.33. The number of carbonyl (C=O) groups excluding carboxylic acids is 1. The number of ether oxygens (including phenoxy) is 3.